The third-order valence-corrected chi connectivity index (χ3v) is 1.36. The molecule has 72 valence electrons. The van der Waals surface area contributed by atoms with Crippen LogP contribution >= 0.6 is 0 Å². The molecule has 0 aromatic heterocycles. The molecular weight excluding hydrogens is 186 g/mol. The average molecular weight is 195 g/mol. The van der Waals surface area contributed by atoms with E-state index in [0.717, 1.165) is 0 Å². The molecule has 0 aliphatic rings. The van der Waals surface area contributed by atoms with Gasteiger partial charge in [-0.15, -0.1) is 0 Å². The molecule has 0 spiro atoms. The summed E-state index contributed by atoms with van der Waals surface area (Å²) >= 11 is 0. The monoisotopic (exact) mass is 195 g/mol. The highest BCUT2D eigenvalue weighted by Gasteiger charge is 1.90. The zero-order chi connectivity index (χ0) is 11.5. The first-order valence-electron chi connectivity index (χ1n) is 4.19. The molecule has 1 aromatic carbocycles. The van der Waals surface area contributed by atoms with E-state index in [9.17, 15) is 0 Å². The zero-order valence-corrected chi connectivity index (χ0v) is 8.31. The second kappa shape index (κ2) is 8.05. The molecule has 0 aliphatic heterocycles. The Balaban J connectivity index is 0.000000336. The van der Waals surface area contributed by atoms with Crippen LogP contribution in [-0.2, 0) is 0 Å². The topological polar surface area (TPSA) is 71.4 Å². The molecule has 15 heavy (non-hydrogen) atoms. The lowest BCUT2D eigenvalue weighted by atomic mass is 10.2. The summed E-state index contributed by atoms with van der Waals surface area (Å²) in [6, 6.07) is 12.3. The van der Waals surface area contributed by atoms with Gasteiger partial charge in [0, 0.05) is 6.08 Å². The number of hydrogen-bond donors (Lipinski definition) is 0. The minimum Gasteiger partial charge on any atom is -0.193 e. The maximum atomic E-state index is 8.40. The summed E-state index contributed by atoms with van der Waals surface area (Å²) in [4.78, 5) is 0. The molecule has 0 saturated heterocycles. The third-order valence-electron chi connectivity index (χ3n) is 1.36. The first-order valence-corrected chi connectivity index (χ1v) is 4.19. The van der Waals surface area contributed by atoms with Crippen LogP contribution in [0.2, 0.25) is 0 Å². The molecule has 0 bridgehead atoms. The Hall–Kier alpha value is -2.57. The standard InChI is InChI=1S/C8H4N2.C4H5N/c9-5-7-2-1-3-8(4-7)6-10;1-2-3-4-5/h1-4H;2-3H,1H3. The van der Waals surface area contributed by atoms with Gasteiger partial charge in [0.2, 0.25) is 0 Å². The van der Waals surface area contributed by atoms with E-state index in [1.165, 1.54) is 6.08 Å². The maximum absolute atomic E-state index is 8.40. The van der Waals surface area contributed by atoms with Crippen LogP contribution in [0.3, 0.4) is 0 Å². The first kappa shape index (κ1) is 12.4. The number of nitrogens with zero attached hydrogens (tertiary/aromatic N) is 3. The lowest BCUT2D eigenvalue weighted by Gasteiger charge is -1.86. The van der Waals surface area contributed by atoms with Gasteiger partial charge in [0.1, 0.15) is 0 Å². The van der Waals surface area contributed by atoms with Gasteiger partial charge in [-0.2, -0.15) is 15.8 Å². The number of nitriles is 3. The fourth-order valence-electron chi connectivity index (χ4n) is 0.733. The molecule has 0 aliphatic carbocycles. The van der Waals surface area contributed by atoms with Crippen LogP contribution in [0, 0.1) is 34.0 Å². The van der Waals surface area contributed by atoms with Gasteiger partial charge in [-0.1, -0.05) is 12.1 Å². The Bertz CT molecular complexity index is 424. The molecule has 0 N–H and O–H groups in total. The summed E-state index contributed by atoms with van der Waals surface area (Å²) in [5.41, 5.74) is 1.05. The molecule has 3 nitrogen and oxygen atoms in total. The van der Waals surface area contributed by atoms with Crippen LogP contribution in [0.25, 0.3) is 0 Å². The lowest BCUT2D eigenvalue weighted by molar-refractivity contribution is 1.45. The Morgan fingerprint density at radius 2 is 1.60 bits per heavy atom. The van der Waals surface area contributed by atoms with Crippen molar-refractivity contribution in [1.82, 2.24) is 0 Å². The smallest absolute Gasteiger partial charge is 0.0992 e. The average Bonchev–Trinajstić information content (AvgIpc) is 2.31. The summed E-state index contributed by atoms with van der Waals surface area (Å²) in [5.74, 6) is 0. The van der Waals surface area contributed by atoms with Gasteiger partial charge in [-0.25, -0.2) is 0 Å². The molecule has 3 heteroatoms. The normalized spacial score (nSPS) is 7.87. The number of hydrogen-bond acceptors (Lipinski definition) is 3. The van der Waals surface area contributed by atoms with Gasteiger partial charge >= 0.3 is 0 Å². The summed E-state index contributed by atoms with van der Waals surface area (Å²) in [6.07, 6.45) is 3.12. The van der Waals surface area contributed by atoms with E-state index in [1.54, 1.807) is 30.3 Å². The van der Waals surface area contributed by atoms with Crippen molar-refractivity contribution in [3.05, 3.63) is 47.5 Å². The molecule has 1 aromatic rings. The van der Waals surface area contributed by atoms with Gasteiger partial charge in [-0.05, 0) is 25.1 Å². The predicted octanol–water partition coefficient (Wildman–Crippen LogP) is 2.52. The molecule has 0 heterocycles. The van der Waals surface area contributed by atoms with E-state index in [2.05, 4.69) is 0 Å². The number of rotatable bonds is 0. The molecule has 0 amide bonds. The predicted molar refractivity (Wildman–Crippen MR) is 56.3 cm³/mol. The second-order valence-electron chi connectivity index (χ2n) is 2.43. The molecule has 1 rings (SSSR count). The molecule has 0 saturated carbocycles. The quantitative estimate of drug-likeness (QED) is 0.597. The summed E-state index contributed by atoms with van der Waals surface area (Å²) in [7, 11) is 0. The highest BCUT2D eigenvalue weighted by Crippen LogP contribution is 2.01. The van der Waals surface area contributed by atoms with Crippen molar-refractivity contribution in [2.45, 2.75) is 6.92 Å². The SMILES string of the molecule is CC=CC#N.N#Cc1cccc(C#N)c1. The Kier molecular flexibility index (Phi) is 6.67. The lowest BCUT2D eigenvalue weighted by Crippen LogP contribution is -1.75. The minimum absolute atomic E-state index is 0.527. The summed E-state index contributed by atoms with van der Waals surface area (Å²) in [6.45, 7) is 1.81. The van der Waals surface area contributed by atoms with Crippen LogP contribution in [0.4, 0.5) is 0 Å². The van der Waals surface area contributed by atoms with Crippen LogP contribution < -0.4 is 0 Å². The molecule has 0 fully saturated rings. The fraction of sp³-hybridized carbons (Fsp3) is 0.0833. The van der Waals surface area contributed by atoms with E-state index in [4.69, 9.17) is 15.8 Å². The van der Waals surface area contributed by atoms with Gasteiger partial charge in [0.05, 0.1) is 29.3 Å². The van der Waals surface area contributed by atoms with Crippen LogP contribution in [0.15, 0.2) is 36.4 Å². The van der Waals surface area contributed by atoms with Crippen LogP contribution in [0.5, 0.6) is 0 Å². The number of benzene rings is 1. The van der Waals surface area contributed by atoms with Crippen molar-refractivity contribution >= 4 is 0 Å². The largest absolute Gasteiger partial charge is 0.193 e. The number of allylic oxidation sites excluding steroid dienone is 2. The van der Waals surface area contributed by atoms with Crippen molar-refractivity contribution in [2.24, 2.45) is 0 Å². The summed E-state index contributed by atoms with van der Waals surface area (Å²) < 4.78 is 0. The maximum Gasteiger partial charge on any atom is 0.0992 e. The van der Waals surface area contributed by atoms with E-state index in [0.29, 0.717) is 11.1 Å². The van der Waals surface area contributed by atoms with Crippen molar-refractivity contribution in [3.8, 4) is 18.2 Å². The second-order valence-corrected chi connectivity index (χ2v) is 2.43. The minimum atomic E-state index is 0.527. The molecule has 0 unspecified atom stereocenters. The van der Waals surface area contributed by atoms with Crippen molar-refractivity contribution in [2.75, 3.05) is 0 Å². The van der Waals surface area contributed by atoms with Gasteiger partial charge < -0.3 is 0 Å². The van der Waals surface area contributed by atoms with E-state index in [-0.39, 0.29) is 0 Å². The van der Waals surface area contributed by atoms with Crippen LogP contribution in [-0.4, -0.2) is 0 Å². The van der Waals surface area contributed by atoms with E-state index in [1.807, 2.05) is 25.1 Å². The van der Waals surface area contributed by atoms with Gasteiger partial charge in [-0.3, -0.25) is 0 Å². The summed E-state index contributed by atoms with van der Waals surface area (Å²) in [5, 5.41) is 24.5. The molecule has 0 radical (unpaired) electrons. The van der Waals surface area contributed by atoms with E-state index >= 15 is 0 Å². The van der Waals surface area contributed by atoms with Gasteiger partial charge in [0.25, 0.3) is 0 Å². The van der Waals surface area contributed by atoms with Crippen molar-refractivity contribution in [3.63, 3.8) is 0 Å². The van der Waals surface area contributed by atoms with Crippen LogP contribution in [0.1, 0.15) is 18.1 Å². The molecular formula is C12H9N3. The Morgan fingerprint density at radius 1 is 1.07 bits per heavy atom. The first-order chi connectivity index (χ1) is 7.28. The van der Waals surface area contributed by atoms with Crippen molar-refractivity contribution in [1.29, 1.82) is 15.8 Å². The zero-order valence-electron chi connectivity index (χ0n) is 8.31. The third kappa shape index (κ3) is 5.64. The highest BCUT2D eigenvalue weighted by molar-refractivity contribution is 5.38. The Morgan fingerprint density at radius 3 is 1.87 bits per heavy atom. The van der Waals surface area contributed by atoms with Crippen molar-refractivity contribution < 1.29 is 0 Å². The fourth-order valence-corrected chi connectivity index (χ4v) is 0.733. The van der Waals surface area contributed by atoms with E-state index < -0.39 is 0 Å². The Labute approximate surface area is 89.1 Å². The highest BCUT2D eigenvalue weighted by atomic mass is 14.2. The molecule has 0 atom stereocenters. The van der Waals surface area contributed by atoms with Gasteiger partial charge in [0.15, 0.2) is 0 Å².